The Balaban J connectivity index is 1.80. The molecule has 0 aliphatic carbocycles. The average molecular weight is 310 g/mol. The van der Waals surface area contributed by atoms with Gasteiger partial charge in [0.1, 0.15) is 0 Å². The highest BCUT2D eigenvalue weighted by molar-refractivity contribution is 5.68. The minimum absolute atomic E-state index is 0.0850. The fourth-order valence-corrected chi connectivity index (χ4v) is 2.75. The summed E-state index contributed by atoms with van der Waals surface area (Å²) >= 11 is 0. The van der Waals surface area contributed by atoms with E-state index in [0.717, 1.165) is 19.3 Å². The van der Waals surface area contributed by atoms with Crippen LogP contribution in [0.2, 0.25) is 0 Å². The summed E-state index contributed by atoms with van der Waals surface area (Å²) in [5.41, 5.74) is 0. The molecule has 3 heteroatoms. The monoisotopic (exact) mass is 310 g/mol. The Kier molecular flexibility index (Phi) is 11.1. The zero-order valence-corrected chi connectivity index (χ0v) is 14.5. The fourth-order valence-electron chi connectivity index (χ4n) is 2.75. The molecule has 0 spiro atoms. The summed E-state index contributed by atoms with van der Waals surface area (Å²) in [7, 11) is 1.45. The van der Waals surface area contributed by atoms with Gasteiger partial charge in [0.25, 0.3) is 0 Å². The molecule has 1 fully saturated rings. The lowest BCUT2D eigenvalue weighted by Crippen LogP contribution is -1.99. The molecule has 0 N–H and O–H groups in total. The lowest BCUT2D eigenvalue weighted by atomic mass is 10.1. The molecule has 1 aliphatic rings. The maximum absolute atomic E-state index is 10.9. The number of methoxy groups -OCH3 is 1. The van der Waals surface area contributed by atoms with Crippen molar-refractivity contribution in [2.24, 2.45) is 0 Å². The van der Waals surface area contributed by atoms with Crippen molar-refractivity contribution in [3.05, 3.63) is 12.2 Å². The lowest BCUT2D eigenvalue weighted by molar-refractivity contribution is -0.140. The second-order valence-electron chi connectivity index (χ2n) is 6.30. The van der Waals surface area contributed by atoms with Crippen LogP contribution in [-0.4, -0.2) is 25.3 Å². The maximum Gasteiger partial charge on any atom is 0.305 e. The Morgan fingerprint density at radius 1 is 1.00 bits per heavy atom. The highest BCUT2D eigenvalue weighted by Gasteiger charge is 2.36. The SMILES string of the molecule is CCCCC[C@H]1O[C@H]1CC=CCCCCCCCC(=O)OC. The molecule has 1 rings (SSSR count). The second-order valence-corrected chi connectivity index (χ2v) is 6.30. The Labute approximate surface area is 136 Å². The summed E-state index contributed by atoms with van der Waals surface area (Å²) < 4.78 is 10.3. The first-order valence-corrected chi connectivity index (χ1v) is 9.15. The molecule has 0 aromatic heterocycles. The minimum Gasteiger partial charge on any atom is -0.469 e. The van der Waals surface area contributed by atoms with Gasteiger partial charge in [0.05, 0.1) is 19.3 Å². The fraction of sp³-hybridized carbons (Fsp3) is 0.842. The third-order valence-electron chi connectivity index (χ3n) is 4.29. The standard InChI is InChI=1S/C19H34O3/c1-3-4-11-14-17-18(22-17)15-12-9-7-5-6-8-10-13-16-19(20)21-2/h9,12,17-18H,3-8,10-11,13-16H2,1-2H3/t17-,18+/m1/s1. The Morgan fingerprint density at radius 3 is 2.55 bits per heavy atom. The van der Waals surface area contributed by atoms with Crippen LogP contribution in [0.4, 0.5) is 0 Å². The molecule has 0 radical (unpaired) electrons. The van der Waals surface area contributed by atoms with Gasteiger partial charge in [0, 0.05) is 6.42 Å². The molecule has 22 heavy (non-hydrogen) atoms. The molecule has 0 aromatic carbocycles. The van der Waals surface area contributed by atoms with Crippen molar-refractivity contribution >= 4 is 5.97 Å². The van der Waals surface area contributed by atoms with Crippen LogP contribution in [-0.2, 0) is 14.3 Å². The van der Waals surface area contributed by atoms with E-state index in [1.165, 1.54) is 58.5 Å². The van der Waals surface area contributed by atoms with Crippen molar-refractivity contribution in [1.82, 2.24) is 0 Å². The van der Waals surface area contributed by atoms with Crippen molar-refractivity contribution in [2.75, 3.05) is 7.11 Å². The van der Waals surface area contributed by atoms with Crippen molar-refractivity contribution in [3.63, 3.8) is 0 Å². The van der Waals surface area contributed by atoms with E-state index in [1.807, 2.05) is 0 Å². The zero-order valence-electron chi connectivity index (χ0n) is 14.5. The molecule has 128 valence electrons. The third-order valence-corrected chi connectivity index (χ3v) is 4.29. The van der Waals surface area contributed by atoms with Crippen molar-refractivity contribution < 1.29 is 14.3 Å². The number of hydrogen-bond acceptors (Lipinski definition) is 3. The summed E-state index contributed by atoms with van der Waals surface area (Å²) in [6.07, 6.45) is 19.5. The van der Waals surface area contributed by atoms with E-state index in [1.54, 1.807) is 0 Å². The predicted molar refractivity (Wildman–Crippen MR) is 90.9 cm³/mol. The van der Waals surface area contributed by atoms with Crippen LogP contribution in [0.25, 0.3) is 0 Å². The summed E-state index contributed by atoms with van der Waals surface area (Å²) in [5.74, 6) is -0.0850. The van der Waals surface area contributed by atoms with Crippen LogP contribution in [0.15, 0.2) is 12.2 Å². The quantitative estimate of drug-likeness (QED) is 0.192. The number of esters is 1. The van der Waals surface area contributed by atoms with Gasteiger partial charge in [0.15, 0.2) is 0 Å². The van der Waals surface area contributed by atoms with E-state index in [2.05, 4.69) is 23.8 Å². The van der Waals surface area contributed by atoms with Crippen LogP contribution in [0.5, 0.6) is 0 Å². The van der Waals surface area contributed by atoms with Gasteiger partial charge >= 0.3 is 5.97 Å². The molecule has 0 unspecified atom stereocenters. The van der Waals surface area contributed by atoms with Crippen LogP contribution >= 0.6 is 0 Å². The molecule has 1 aliphatic heterocycles. The van der Waals surface area contributed by atoms with Crippen LogP contribution in [0.1, 0.15) is 84.0 Å². The topological polar surface area (TPSA) is 38.8 Å². The van der Waals surface area contributed by atoms with Crippen molar-refractivity contribution in [2.45, 2.75) is 96.2 Å². The number of carbonyl (C=O) groups excluding carboxylic acids is 1. The van der Waals surface area contributed by atoms with E-state index in [0.29, 0.717) is 18.6 Å². The summed E-state index contributed by atoms with van der Waals surface area (Å²) in [5, 5.41) is 0. The number of rotatable bonds is 14. The van der Waals surface area contributed by atoms with Gasteiger partial charge < -0.3 is 9.47 Å². The Morgan fingerprint density at radius 2 is 1.77 bits per heavy atom. The van der Waals surface area contributed by atoms with Gasteiger partial charge in [-0.15, -0.1) is 0 Å². The Bertz CT molecular complexity index is 312. The normalized spacial score (nSPS) is 20.5. The number of carbonyl (C=O) groups is 1. The Hall–Kier alpha value is -0.830. The van der Waals surface area contributed by atoms with Gasteiger partial charge in [-0.2, -0.15) is 0 Å². The molecule has 1 saturated heterocycles. The van der Waals surface area contributed by atoms with Gasteiger partial charge in [-0.05, 0) is 32.1 Å². The molecule has 3 nitrogen and oxygen atoms in total. The first-order chi connectivity index (χ1) is 10.8. The number of ether oxygens (including phenoxy) is 2. The molecular formula is C19H34O3. The van der Waals surface area contributed by atoms with E-state index in [9.17, 15) is 4.79 Å². The van der Waals surface area contributed by atoms with Crippen LogP contribution in [0.3, 0.4) is 0 Å². The maximum atomic E-state index is 10.9. The van der Waals surface area contributed by atoms with E-state index in [-0.39, 0.29) is 5.97 Å². The number of unbranched alkanes of at least 4 members (excludes halogenated alkanes) is 7. The largest absolute Gasteiger partial charge is 0.469 e. The molecule has 0 saturated carbocycles. The molecule has 1 heterocycles. The smallest absolute Gasteiger partial charge is 0.305 e. The van der Waals surface area contributed by atoms with Crippen molar-refractivity contribution in [3.8, 4) is 0 Å². The molecule has 2 atom stereocenters. The zero-order chi connectivity index (χ0) is 16.0. The lowest BCUT2D eigenvalue weighted by Gasteiger charge is -2.00. The van der Waals surface area contributed by atoms with E-state index < -0.39 is 0 Å². The summed E-state index contributed by atoms with van der Waals surface area (Å²) in [4.78, 5) is 10.9. The highest BCUT2D eigenvalue weighted by Crippen LogP contribution is 2.30. The highest BCUT2D eigenvalue weighted by atomic mass is 16.6. The number of epoxide rings is 1. The minimum atomic E-state index is -0.0850. The summed E-state index contributed by atoms with van der Waals surface area (Å²) in [6, 6.07) is 0. The molecule has 0 amide bonds. The van der Waals surface area contributed by atoms with Crippen molar-refractivity contribution in [1.29, 1.82) is 0 Å². The molecule has 0 aromatic rings. The van der Waals surface area contributed by atoms with E-state index in [4.69, 9.17) is 4.74 Å². The van der Waals surface area contributed by atoms with Gasteiger partial charge in [0.2, 0.25) is 0 Å². The number of hydrogen-bond donors (Lipinski definition) is 0. The molecule has 0 bridgehead atoms. The van der Waals surface area contributed by atoms with E-state index >= 15 is 0 Å². The molecular weight excluding hydrogens is 276 g/mol. The average Bonchev–Trinajstić information content (AvgIpc) is 3.27. The van der Waals surface area contributed by atoms with Gasteiger partial charge in [-0.25, -0.2) is 0 Å². The third kappa shape index (κ3) is 9.99. The summed E-state index contributed by atoms with van der Waals surface area (Å²) in [6.45, 7) is 2.24. The predicted octanol–water partition coefficient (Wildman–Crippen LogP) is 5.18. The second kappa shape index (κ2) is 12.7. The van der Waals surface area contributed by atoms with Crippen LogP contribution < -0.4 is 0 Å². The van der Waals surface area contributed by atoms with Gasteiger partial charge in [-0.3, -0.25) is 4.79 Å². The number of allylic oxidation sites excluding steroid dienone is 1. The first kappa shape index (κ1) is 19.2. The van der Waals surface area contributed by atoms with Crippen LogP contribution in [0, 0.1) is 0 Å². The first-order valence-electron chi connectivity index (χ1n) is 9.15. The van der Waals surface area contributed by atoms with Gasteiger partial charge in [-0.1, -0.05) is 57.6 Å².